The van der Waals surface area contributed by atoms with Crippen molar-refractivity contribution < 1.29 is 19.1 Å². The third kappa shape index (κ3) is 6.43. The highest BCUT2D eigenvalue weighted by atomic mass is 16.7. The predicted octanol–water partition coefficient (Wildman–Crippen LogP) is 3.92. The average molecular weight is 432 g/mol. The summed E-state index contributed by atoms with van der Waals surface area (Å²) in [6, 6.07) is 7.60. The van der Waals surface area contributed by atoms with Crippen molar-refractivity contribution in [2.45, 2.75) is 59.2 Å². The molecule has 2 aliphatic heterocycles. The van der Waals surface area contributed by atoms with Gasteiger partial charge in [-0.3, -0.25) is 4.79 Å². The maximum absolute atomic E-state index is 12.7. The zero-order valence-corrected chi connectivity index (χ0v) is 19.1. The first-order valence-electron chi connectivity index (χ1n) is 11.5. The number of hydrogen-bond acceptors (Lipinski definition) is 4. The number of nitrogens with one attached hydrogen (secondary N) is 2. The second kappa shape index (κ2) is 11.0. The molecular formula is C24H37N3O4. The Morgan fingerprint density at radius 3 is 2.74 bits per heavy atom. The first-order valence-corrected chi connectivity index (χ1v) is 11.5. The van der Waals surface area contributed by atoms with E-state index in [1.807, 2.05) is 31.2 Å². The molecule has 31 heavy (non-hydrogen) atoms. The van der Waals surface area contributed by atoms with Crippen LogP contribution in [0.5, 0.6) is 0 Å². The van der Waals surface area contributed by atoms with Crippen molar-refractivity contribution in [1.29, 1.82) is 0 Å². The molecule has 0 bridgehead atoms. The number of likely N-dealkylation sites (tertiary alicyclic amines) is 1. The Morgan fingerprint density at radius 2 is 2.03 bits per heavy atom. The monoisotopic (exact) mass is 431 g/mol. The van der Waals surface area contributed by atoms with Gasteiger partial charge in [-0.1, -0.05) is 26.0 Å². The number of rotatable bonds is 8. The Morgan fingerprint density at radius 1 is 1.26 bits per heavy atom. The average Bonchev–Trinajstić information content (AvgIpc) is 3.32. The molecule has 0 spiro atoms. The van der Waals surface area contributed by atoms with Crippen molar-refractivity contribution in [1.82, 2.24) is 10.2 Å². The van der Waals surface area contributed by atoms with Crippen LogP contribution in [-0.4, -0.2) is 56.0 Å². The molecule has 0 saturated carbocycles. The van der Waals surface area contributed by atoms with Gasteiger partial charge in [0.2, 0.25) is 5.91 Å². The summed E-state index contributed by atoms with van der Waals surface area (Å²) in [6.07, 6.45) is 4.29. The van der Waals surface area contributed by atoms with E-state index in [1.54, 1.807) is 4.90 Å². The molecule has 2 N–H and O–H groups in total. The van der Waals surface area contributed by atoms with Crippen LogP contribution in [-0.2, 0) is 14.3 Å². The van der Waals surface area contributed by atoms with E-state index in [4.69, 9.17) is 9.47 Å². The highest BCUT2D eigenvalue weighted by Crippen LogP contribution is 2.35. The van der Waals surface area contributed by atoms with Gasteiger partial charge >= 0.3 is 6.03 Å². The lowest BCUT2D eigenvalue weighted by Gasteiger charge is -2.33. The molecule has 0 aromatic heterocycles. The zero-order valence-electron chi connectivity index (χ0n) is 19.1. The minimum Gasteiger partial charge on any atom is -0.356 e. The van der Waals surface area contributed by atoms with Gasteiger partial charge in [-0.25, -0.2) is 4.79 Å². The summed E-state index contributed by atoms with van der Waals surface area (Å²) >= 11 is 0. The van der Waals surface area contributed by atoms with Crippen LogP contribution in [0.4, 0.5) is 10.5 Å². The van der Waals surface area contributed by atoms with Gasteiger partial charge in [-0.2, -0.15) is 0 Å². The fourth-order valence-electron chi connectivity index (χ4n) is 4.37. The van der Waals surface area contributed by atoms with E-state index >= 15 is 0 Å². The summed E-state index contributed by atoms with van der Waals surface area (Å²) in [5.74, 6) is -0.115. The predicted molar refractivity (Wildman–Crippen MR) is 121 cm³/mol. The summed E-state index contributed by atoms with van der Waals surface area (Å²) in [5, 5.41) is 6.02. The van der Waals surface area contributed by atoms with Gasteiger partial charge in [-0.05, 0) is 56.7 Å². The summed E-state index contributed by atoms with van der Waals surface area (Å²) in [5.41, 5.74) is 1.85. The molecule has 1 aromatic rings. The number of ether oxygens (including phenoxy) is 2. The molecule has 1 aromatic carbocycles. The molecule has 2 aliphatic rings. The van der Waals surface area contributed by atoms with Gasteiger partial charge in [0.1, 0.15) is 0 Å². The van der Waals surface area contributed by atoms with Crippen LogP contribution in [0, 0.1) is 18.3 Å². The first kappa shape index (κ1) is 23.5. The highest BCUT2D eigenvalue weighted by Gasteiger charge is 2.36. The van der Waals surface area contributed by atoms with Crippen molar-refractivity contribution in [3.05, 3.63) is 29.8 Å². The van der Waals surface area contributed by atoms with E-state index in [1.165, 1.54) is 0 Å². The summed E-state index contributed by atoms with van der Waals surface area (Å²) in [6.45, 7) is 9.43. The lowest BCUT2D eigenvalue weighted by atomic mass is 9.82. The normalized spacial score (nSPS) is 21.5. The van der Waals surface area contributed by atoms with Gasteiger partial charge in [0, 0.05) is 30.7 Å². The maximum atomic E-state index is 12.7. The molecule has 0 aliphatic carbocycles. The molecule has 3 amide bonds. The van der Waals surface area contributed by atoms with Gasteiger partial charge in [0.15, 0.2) is 6.29 Å². The molecule has 7 nitrogen and oxygen atoms in total. The summed E-state index contributed by atoms with van der Waals surface area (Å²) in [7, 11) is 0. The number of urea groups is 1. The molecular weight excluding hydrogens is 394 g/mol. The molecule has 2 atom stereocenters. The lowest BCUT2D eigenvalue weighted by Crippen LogP contribution is -2.47. The van der Waals surface area contributed by atoms with Crippen molar-refractivity contribution in [2.75, 3.05) is 38.2 Å². The Balaban J connectivity index is 1.42. The van der Waals surface area contributed by atoms with Crippen LogP contribution in [0.2, 0.25) is 0 Å². The number of benzene rings is 1. The Bertz CT molecular complexity index is 750. The minimum absolute atomic E-state index is 0.0310. The van der Waals surface area contributed by atoms with Crippen LogP contribution in [0.3, 0.4) is 0 Å². The Labute approximate surface area is 185 Å². The zero-order chi connectivity index (χ0) is 22.3. The molecule has 2 saturated heterocycles. The van der Waals surface area contributed by atoms with E-state index in [0.717, 1.165) is 43.4 Å². The smallest absolute Gasteiger partial charge is 0.321 e. The van der Waals surface area contributed by atoms with Crippen LogP contribution >= 0.6 is 0 Å². The van der Waals surface area contributed by atoms with Crippen LogP contribution in [0.1, 0.15) is 51.5 Å². The second-order valence-corrected chi connectivity index (χ2v) is 9.06. The highest BCUT2D eigenvalue weighted by molar-refractivity contribution is 5.90. The van der Waals surface area contributed by atoms with E-state index in [2.05, 4.69) is 24.5 Å². The second-order valence-electron chi connectivity index (χ2n) is 9.06. The number of aryl methyl sites for hydroxylation is 1. The van der Waals surface area contributed by atoms with E-state index in [9.17, 15) is 9.59 Å². The number of piperidine rings is 1. The van der Waals surface area contributed by atoms with Gasteiger partial charge < -0.3 is 25.0 Å². The maximum Gasteiger partial charge on any atom is 0.321 e. The fourth-order valence-corrected chi connectivity index (χ4v) is 4.37. The van der Waals surface area contributed by atoms with Crippen molar-refractivity contribution in [2.24, 2.45) is 11.3 Å². The number of nitrogens with zero attached hydrogens (tertiary/aromatic N) is 1. The van der Waals surface area contributed by atoms with Gasteiger partial charge in [-0.15, -0.1) is 0 Å². The molecule has 2 heterocycles. The first-order chi connectivity index (χ1) is 14.9. The molecule has 172 valence electrons. The van der Waals surface area contributed by atoms with Crippen molar-refractivity contribution in [3.63, 3.8) is 0 Å². The van der Waals surface area contributed by atoms with Crippen LogP contribution in [0.15, 0.2) is 24.3 Å². The third-order valence-electron chi connectivity index (χ3n) is 6.57. The van der Waals surface area contributed by atoms with Crippen molar-refractivity contribution in [3.8, 4) is 0 Å². The standard InChI is InChI=1S/C24H37N3O4/c1-4-24(3,22-30-14-15-31-22)11-7-12-25-21(28)19-9-6-13-27(17-19)23(29)26-20-10-5-8-18(2)16-20/h5,8,10,16,19,22H,4,6-7,9,11-15,17H2,1-3H3,(H,25,28)(H,26,29)/t19-,24+/m0/s1. The van der Waals surface area contributed by atoms with Gasteiger partial charge in [0.05, 0.1) is 19.1 Å². The van der Waals surface area contributed by atoms with E-state index < -0.39 is 0 Å². The molecule has 3 rings (SSSR count). The van der Waals surface area contributed by atoms with Crippen molar-refractivity contribution >= 4 is 17.6 Å². The molecule has 0 radical (unpaired) electrons. The number of hydrogen-bond donors (Lipinski definition) is 2. The fraction of sp³-hybridized carbons (Fsp3) is 0.667. The molecule has 0 unspecified atom stereocenters. The summed E-state index contributed by atoms with van der Waals surface area (Å²) < 4.78 is 11.4. The summed E-state index contributed by atoms with van der Waals surface area (Å²) in [4.78, 5) is 27.1. The van der Waals surface area contributed by atoms with E-state index in [-0.39, 0.29) is 29.6 Å². The quantitative estimate of drug-likeness (QED) is 0.612. The lowest BCUT2D eigenvalue weighted by molar-refractivity contribution is -0.132. The number of carbonyl (C=O) groups is 2. The largest absolute Gasteiger partial charge is 0.356 e. The molecule has 7 heteroatoms. The van der Waals surface area contributed by atoms with Crippen LogP contribution in [0.25, 0.3) is 0 Å². The topological polar surface area (TPSA) is 79.9 Å². The van der Waals surface area contributed by atoms with Gasteiger partial charge in [0.25, 0.3) is 0 Å². The number of anilines is 1. The number of amides is 3. The Hall–Kier alpha value is -2.12. The minimum atomic E-state index is -0.156. The Kier molecular flexibility index (Phi) is 8.32. The molecule has 2 fully saturated rings. The SMILES string of the molecule is CC[C@](C)(CCCNC(=O)[C@H]1CCCN(C(=O)Nc2cccc(C)c2)C1)C1OCCO1. The van der Waals surface area contributed by atoms with Crippen LogP contribution < -0.4 is 10.6 Å². The third-order valence-corrected chi connectivity index (χ3v) is 6.57. The van der Waals surface area contributed by atoms with E-state index in [0.29, 0.717) is 32.8 Å². The number of carbonyl (C=O) groups excluding carboxylic acids is 2.